The highest BCUT2D eigenvalue weighted by Gasteiger charge is 2.30. The molecule has 0 aliphatic heterocycles. The monoisotopic (exact) mass is 219 g/mol. The third-order valence-electron chi connectivity index (χ3n) is 1.43. The van der Waals surface area contributed by atoms with E-state index in [2.05, 4.69) is 0 Å². The average Bonchev–Trinajstić information content (AvgIpc) is 2.01. The summed E-state index contributed by atoms with van der Waals surface area (Å²) in [5, 5.41) is 0. The van der Waals surface area contributed by atoms with Gasteiger partial charge in [-0.3, -0.25) is 0 Å². The van der Waals surface area contributed by atoms with E-state index in [1.165, 1.54) is 6.07 Å². The van der Waals surface area contributed by atoms with Crippen molar-refractivity contribution in [2.75, 3.05) is 5.73 Å². The number of alkyl halides is 3. The van der Waals surface area contributed by atoms with Crippen LogP contribution in [0, 0.1) is 6.92 Å². The number of nitrogens with two attached hydrogens (primary N) is 1. The van der Waals surface area contributed by atoms with Gasteiger partial charge in [-0.2, -0.15) is 22.8 Å². The predicted molar refractivity (Wildman–Crippen MR) is 45.6 cm³/mol. The quantitative estimate of drug-likeness (QED) is 0.679. The summed E-state index contributed by atoms with van der Waals surface area (Å²) in [6.07, 6.45) is -4.06. The molecule has 0 unspecified atom stereocenters. The van der Waals surface area contributed by atoms with Gasteiger partial charge in [0, 0.05) is 5.69 Å². The van der Waals surface area contributed by atoms with Gasteiger partial charge in [0.15, 0.2) is 0 Å². The molecule has 0 atom stereocenters. The molecule has 0 amide bonds. The summed E-state index contributed by atoms with van der Waals surface area (Å²) in [4.78, 5) is 16.2. The molecule has 0 aliphatic rings. The molecule has 15 heavy (non-hydrogen) atoms. The second-order valence-electron chi connectivity index (χ2n) is 2.71. The van der Waals surface area contributed by atoms with Gasteiger partial charge in [0.2, 0.25) is 0 Å². The lowest BCUT2D eigenvalue weighted by Crippen LogP contribution is -2.05. The zero-order chi connectivity index (χ0) is 12.1. The summed E-state index contributed by atoms with van der Waals surface area (Å²) < 4.78 is 36.3. The molecule has 0 aliphatic carbocycles. The first-order chi connectivity index (χ1) is 6.81. The number of rotatable bonds is 0. The molecule has 0 heterocycles. The van der Waals surface area contributed by atoms with E-state index < -0.39 is 11.7 Å². The molecule has 1 rings (SSSR count). The summed E-state index contributed by atoms with van der Waals surface area (Å²) in [7, 11) is 0. The Balaban J connectivity index is 0.000000583. The number of hydrogen-bond acceptors (Lipinski definition) is 3. The average molecular weight is 219 g/mol. The Morgan fingerprint density at radius 2 is 1.67 bits per heavy atom. The van der Waals surface area contributed by atoms with Crippen LogP contribution in [0.3, 0.4) is 0 Å². The first-order valence-corrected chi connectivity index (χ1v) is 3.75. The molecule has 6 heteroatoms. The number of benzene rings is 1. The van der Waals surface area contributed by atoms with Crippen molar-refractivity contribution in [1.82, 2.24) is 0 Å². The van der Waals surface area contributed by atoms with Gasteiger partial charge in [-0.25, -0.2) is 0 Å². The van der Waals surface area contributed by atoms with Crippen LogP contribution >= 0.6 is 0 Å². The minimum atomic E-state index is -4.31. The van der Waals surface area contributed by atoms with E-state index in [4.69, 9.17) is 15.3 Å². The number of anilines is 1. The SMILES string of the molecule is Cc1cc(N)cc(C(F)(F)F)c1.O=C=O. The Bertz CT molecular complexity index is 348. The van der Waals surface area contributed by atoms with Gasteiger partial charge in [-0.1, -0.05) is 0 Å². The topological polar surface area (TPSA) is 60.2 Å². The van der Waals surface area contributed by atoms with Gasteiger partial charge < -0.3 is 5.73 Å². The Labute approximate surface area is 83.7 Å². The zero-order valence-corrected chi connectivity index (χ0v) is 7.76. The minimum absolute atomic E-state index is 0.141. The van der Waals surface area contributed by atoms with Crippen LogP contribution in [-0.4, -0.2) is 6.15 Å². The highest BCUT2D eigenvalue weighted by Crippen LogP contribution is 2.30. The lowest BCUT2D eigenvalue weighted by atomic mass is 10.1. The van der Waals surface area contributed by atoms with Crippen LogP contribution in [0.2, 0.25) is 0 Å². The normalized spacial score (nSPS) is 9.87. The van der Waals surface area contributed by atoms with E-state index in [9.17, 15) is 13.2 Å². The molecular formula is C9H8F3NO2. The standard InChI is InChI=1S/C8H8F3N.CO2/c1-5-2-6(8(9,10)11)4-7(12)3-5;2-1-3/h2-4H,12H2,1H3;. The maximum absolute atomic E-state index is 12.1. The summed E-state index contributed by atoms with van der Waals surface area (Å²) >= 11 is 0. The molecule has 0 saturated carbocycles. The Kier molecular flexibility index (Phi) is 4.54. The van der Waals surface area contributed by atoms with Gasteiger partial charge in [0.1, 0.15) is 0 Å². The van der Waals surface area contributed by atoms with Crippen LogP contribution in [0.4, 0.5) is 18.9 Å². The van der Waals surface area contributed by atoms with Crippen molar-refractivity contribution in [2.45, 2.75) is 13.1 Å². The van der Waals surface area contributed by atoms with Crippen LogP contribution in [-0.2, 0) is 15.8 Å². The Morgan fingerprint density at radius 3 is 2.00 bits per heavy atom. The van der Waals surface area contributed by atoms with Crippen molar-refractivity contribution >= 4 is 11.8 Å². The lowest BCUT2D eigenvalue weighted by molar-refractivity contribution is -0.191. The van der Waals surface area contributed by atoms with Gasteiger partial charge in [0.05, 0.1) is 5.56 Å². The van der Waals surface area contributed by atoms with E-state index in [0.29, 0.717) is 5.56 Å². The van der Waals surface area contributed by atoms with Crippen LogP contribution < -0.4 is 5.73 Å². The van der Waals surface area contributed by atoms with E-state index in [-0.39, 0.29) is 11.8 Å². The van der Waals surface area contributed by atoms with Crippen LogP contribution in [0.25, 0.3) is 0 Å². The van der Waals surface area contributed by atoms with Gasteiger partial charge in [0.25, 0.3) is 0 Å². The van der Waals surface area contributed by atoms with Gasteiger partial charge >= 0.3 is 12.3 Å². The fourth-order valence-electron chi connectivity index (χ4n) is 0.976. The van der Waals surface area contributed by atoms with E-state index in [0.717, 1.165) is 12.1 Å². The van der Waals surface area contributed by atoms with Crippen LogP contribution in [0.1, 0.15) is 11.1 Å². The highest BCUT2D eigenvalue weighted by molar-refractivity contribution is 5.45. The third kappa shape index (κ3) is 4.83. The van der Waals surface area contributed by atoms with Crippen molar-refractivity contribution in [1.29, 1.82) is 0 Å². The smallest absolute Gasteiger partial charge is 0.399 e. The summed E-state index contributed by atoms with van der Waals surface area (Å²) in [5.74, 6) is 0. The van der Waals surface area contributed by atoms with Crippen LogP contribution in [0.15, 0.2) is 18.2 Å². The number of nitrogen functional groups attached to an aromatic ring is 1. The number of hydrogen-bond donors (Lipinski definition) is 1. The zero-order valence-electron chi connectivity index (χ0n) is 7.76. The Hall–Kier alpha value is -1.81. The van der Waals surface area contributed by atoms with Crippen molar-refractivity contribution in [3.63, 3.8) is 0 Å². The van der Waals surface area contributed by atoms with E-state index in [1.54, 1.807) is 6.92 Å². The van der Waals surface area contributed by atoms with Gasteiger partial charge in [-0.05, 0) is 30.7 Å². The third-order valence-corrected chi connectivity index (χ3v) is 1.43. The summed E-state index contributed by atoms with van der Waals surface area (Å²) in [6.45, 7) is 1.58. The molecule has 82 valence electrons. The molecule has 0 spiro atoms. The Morgan fingerprint density at radius 1 is 1.20 bits per heavy atom. The molecular weight excluding hydrogens is 211 g/mol. The fraction of sp³-hybridized carbons (Fsp3) is 0.222. The second-order valence-corrected chi connectivity index (χ2v) is 2.71. The highest BCUT2D eigenvalue weighted by atomic mass is 19.4. The number of carbonyl (C=O) groups excluding carboxylic acids is 2. The van der Waals surface area contributed by atoms with Crippen molar-refractivity contribution < 1.29 is 22.8 Å². The summed E-state index contributed by atoms with van der Waals surface area (Å²) in [6, 6.07) is 3.48. The van der Waals surface area contributed by atoms with E-state index in [1.807, 2.05) is 0 Å². The first kappa shape index (κ1) is 13.2. The molecule has 1 aromatic rings. The van der Waals surface area contributed by atoms with Crippen molar-refractivity contribution in [2.24, 2.45) is 0 Å². The number of aryl methyl sites for hydroxylation is 1. The van der Waals surface area contributed by atoms with Crippen molar-refractivity contribution in [3.8, 4) is 0 Å². The molecule has 0 radical (unpaired) electrons. The maximum atomic E-state index is 12.1. The fourth-order valence-corrected chi connectivity index (χ4v) is 0.976. The molecule has 0 fully saturated rings. The molecule has 3 nitrogen and oxygen atoms in total. The lowest BCUT2D eigenvalue weighted by Gasteiger charge is -2.07. The molecule has 0 bridgehead atoms. The number of halogens is 3. The first-order valence-electron chi connectivity index (χ1n) is 3.75. The maximum Gasteiger partial charge on any atom is 0.416 e. The van der Waals surface area contributed by atoms with Gasteiger partial charge in [-0.15, -0.1) is 0 Å². The van der Waals surface area contributed by atoms with Crippen molar-refractivity contribution in [3.05, 3.63) is 29.3 Å². The molecule has 2 N–H and O–H groups in total. The molecule has 1 aromatic carbocycles. The second kappa shape index (κ2) is 5.17. The molecule has 0 saturated heterocycles. The largest absolute Gasteiger partial charge is 0.416 e. The molecule has 0 aromatic heterocycles. The van der Waals surface area contributed by atoms with E-state index >= 15 is 0 Å². The summed E-state index contributed by atoms with van der Waals surface area (Å²) in [5.41, 5.74) is 5.22. The van der Waals surface area contributed by atoms with Crippen LogP contribution in [0.5, 0.6) is 0 Å². The minimum Gasteiger partial charge on any atom is -0.399 e. The predicted octanol–water partition coefficient (Wildman–Crippen LogP) is 2.01.